The fraction of sp³-hybridized carbons (Fsp3) is 0.0417. The summed E-state index contributed by atoms with van der Waals surface area (Å²) in [5.41, 5.74) is 4.62. The number of hydrogen-bond acceptors (Lipinski definition) is 8. The lowest BCUT2D eigenvalue weighted by atomic mass is 10.1. The van der Waals surface area contributed by atoms with Crippen molar-refractivity contribution in [2.75, 3.05) is 5.32 Å². The van der Waals surface area contributed by atoms with Crippen LogP contribution in [0, 0.1) is 0 Å². The van der Waals surface area contributed by atoms with Gasteiger partial charge in [0.2, 0.25) is 0 Å². The molecule has 4 heterocycles. The zero-order valence-corrected chi connectivity index (χ0v) is 17.7. The SMILES string of the molecule is O=C(Cc1cnncn1)c1cc2ccc(-c3nccc(Nc4ccc5[nH]ncc5c4)n3)cc2[nH]1. The van der Waals surface area contributed by atoms with Crippen LogP contribution in [0.3, 0.4) is 0 Å². The Balaban J connectivity index is 1.25. The Bertz CT molecular complexity index is 1640. The van der Waals surface area contributed by atoms with Crippen molar-refractivity contribution in [3.63, 3.8) is 0 Å². The molecule has 34 heavy (non-hydrogen) atoms. The van der Waals surface area contributed by atoms with E-state index < -0.39 is 0 Å². The molecule has 6 aromatic rings. The molecule has 0 aliphatic rings. The average Bonchev–Trinajstić information content (AvgIpc) is 3.51. The van der Waals surface area contributed by atoms with Crippen molar-refractivity contribution in [1.29, 1.82) is 0 Å². The molecule has 0 bridgehead atoms. The van der Waals surface area contributed by atoms with E-state index in [1.54, 1.807) is 12.4 Å². The summed E-state index contributed by atoms with van der Waals surface area (Å²) in [6, 6.07) is 15.4. The molecule has 6 rings (SSSR count). The van der Waals surface area contributed by atoms with Gasteiger partial charge in [-0.25, -0.2) is 15.0 Å². The molecule has 164 valence electrons. The molecule has 10 heteroatoms. The molecular formula is C24H17N9O. The van der Waals surface area contributed by atoms with E-state index in [-0.39, 0.29) is 12.2 Å². The van der Waals surface area contributed by atoms with E-state index in [4.69, 9.17) is 0 Å². The smallest absolute Gasteiger partial charge is 0.185 e. The second kappa shape index (κ2) is 8.17. The van der Waals surface area contributed by atoms with Gasteiger partial charge in [-0.2, -0.15) is 10.2 Å². The number of hydrogen-bond donors (Lipinski definition) is 3. The van der Waals surface area contributed by atoms with Crippen molar-refractivity contribution in [2.45, 2.75) is 6.42 Å². The van der Waals surface area contributed by atoms with Crippen LogP contribution >= 0.6 is 0 Å². The molecular weight excluding hydrogens is 430 g/mol. The number of anilines is 2. The summed E-state index contributed by atoms with van der Waals surface area (Å²) in [5.74, 6) is 1.18. The standard InChI is InChI=1S/C24H17N9O/c34-22(10-18-12-27-29-13-26-18)21-8-14-1-2-15(9-20(14)31-21)24-25-6-5-23(32-24)30-17-3-4-19-16(7-17)11-28-33-19/h1-9,11-13,31H,10H2,(H,28,33)(H,25,30,32). The molecule has 4 aromatic heterocycles. The average molecular weight is 447 g/mol. The summed E-state index contributed by atoms with van der Waals surface area (Å²) in [6.07, 6.45) is 6.46. The Kier molecular flexibility index (Phi) is 4.73. The van der Waals surface area contributed by atoms with Crippen LogP contribution in [0.15, 0.2) is 73.4 Å². The van der Waals surface area contributed by atoms with Crippen LogP contribution in [0.1, 0.15) is 16.2 Å². The van der Waals surface area contributed by atoms with E-state index in [0.717, 1.165) is 33.1 Å². The Labute approximate surface area is 192 Å². The highest BCUT2D eigenvalue weighted by Gasteiger charge is 2.13. The first-order valence-corrected chi connectivity index (χ1v) is 10.5. The Morgan fingerprint density at radius 3 is 2.79 bits per heavy atom. The van der Waals surface area contributed by atoms with Gasteiger partial charge < -0.3 is 10.3 Å². The van der Waals surface area contributed by atoms with Crippen molar-refractivity contribution < 1.29 is 4.79 Å². The second-order valence-corrected chi connectivity index (χ2v) is 7.74. The molecule has 10 nitrogen and oxygen atoms in total. The number of aromatic nitrogens is 8. The van der Waals surface area contributed by atoms with Gasteiger partial charge in [0.25, 0.3) is 0 Å². The quantitative estimate of drug-likeness (QED) is 0.327. The number of carbonyl (C=O) groups is 1. The molecule has 0 saturated heterocycles. The molecule has 2 aromatic carbocycles. The van der Waals surface area contributed by atoms with Crippen LogP contribution in [0.5, 0.6) is 0 Å². The number of carbonyl (C=O) groups excluding carboxylic acids is 1. The minimum atomic E-state index is -0.0738. The number of Topliss-reactive ketones (excluding diaryl/α,β-unsaturated/α-hetero) is 1. The van der Waals surface area contributed by atoms with Gasteiger partial charge in [-0.3, -0.25) is 9.89 Å². The van der Waals surface area contributed by atoms with Crippen molar-refractivity contribution >= 4 is 39.1 Å². The summed E-state index contributed by atoms with van der Waals surface area (Å²) in [7, 11) is 0. The van der Waals surface area contributed by atoms with Gasteiger partial charge in [-0.15, -0.1) is 5.10 Å². The first-order valence-electron chi connectivity index (χ1n) is 10.5. The lowest BCUT2D eigenvalue weighted by Crippen LogP contribution is -2.06. The van der Waals surface area contributed by atoms with Crippen LogP contribution in [0.2, 0.25) is 0 Å². The molecule has 0 saturated carbocycles. The summed E-state index contributed by atoms with van der Waals surface area (Å²) in [4.78, 5) is 29.0. The maximum Gasteiger partial charge on any atom is 0.185 e. The third-order valence-electron chi connectivity index (χ3n) is 5.44. The summed E-state index contributed by atoms with van der Waals surface area (Å²) < 4.78 is 0. The van der Waals surface area contributed by atoms with Gasteiger partial charge in [0.05, 0.1) is 35.7 Å². The maximum absolute atomic E-state index is 12.7. The number of nitrogens with zero attached hydrogens (tertiary/aromatic N) is 6. The van der Waals surface area contributed by atoms with Crippen molar-refractivity contribution in [3.05, 3.63) is 84.8 Å². The highest BCUT2D eigenvalue weighted by Crippen LogP contribution is 2.25. The number of benzene rings is 2. The zero-order chi connectivity index (χ0) is 22.9. The highest BCUT2D eigenvalue weighted by molar-refractivity contribution is 6.00. The van der Waals surface area contributed by atoms with E-state index >= 15 is 0 Å². The van der Waals surface area contributed by atoms with Crippen LogP contribution in [-0.4, -0.2) is 46.1 Å². The van der Waals surface area contributed by atoms with Gasteiger partial charge in [0, 0.05) is 33.7 Å². The second-order valence-electron chi connectivity index (χ2n) is 7.74. The first kappa shape index (κ1) is 19.7. The Morgan fingerprint density at radius 1 is 0.912 bits per heavy atom. The number of H-pyrrole nitrogens is 2. The van der Waals surface area contributed by atoms with Gasteiger partial charge in [-0.1, -0.05) is 12.1 Å². The zero-order valence-electron chi connectivity index (χ0n) is 17.7. The minimum absolute atomic E-state index is 0.0738. The van der Waals surface area contributed by atoms with Crippen molar-refractivity contribution in [1.82, 2.24) is 40.3 Å². The molecule has 0 radical (unpaired) electrons. The van der Waals surface area contributed by atoms with Crippen LogP contribution in [-0.2, 0) is 6.42 Å². The molecule has 0 spiro atoms. The number of fused-ring (bicyclic) bond motifs is 2. The Hall–Kier alpha value is -4.99. The van der Waals surface area contributed by atoms with Crippen LogP contribution < -0.4 is 5.32 Å². The minimum Gasteiger partial charge on any atom is -0.352 e. The normalized spacial score (nSPS) is 11.2. The highest BCUT2D eigenvalue weighted by atomic mass is 16.1. The maximum atomic E-state index is 12.7. The fourth-order valence-electron chi connectivity index (χ4n) is 3.77. The monoisotopic (exact) mass is 447 g/mol. The molecule has 3 N–H and O–H groups in total. The molecule has 0 fully saturated rings. The third kappa shape index (κ3) is 3.84. The number of rotatable bonds is 6. The topological polar surface area (TPSA) is 138 Å². The molecule has 0 aliphatic heterocycles. The van der Waals surface area contributed by atoms with E-state index in [9.17, 15) is 4.79 Å². The predicted molar refractivity (Wildman–Crippen MR) is 127 cm³/mol. The summed E-state index contributed by atoms with van der Waals surface area (Å²) in [6.45, 7) is 0. The van der Waals surface area contributed by atoms with Crippen LogP contribution in [0.25, 0.3) is 33.2 Å². The van der Waals surface area contributed by atoms with E-state index in [0.29, 0.717) is 23.0 Å². The lowest BCUT2D eigenvalue weighted by Gasteiger charge is -2.07. The van der Waals surface area contributed by atoms with Gasteiger partial charge in [0.15, 0.2) is 11.6 Å². The lowest BCUT2D eigenvalue weighted by molar-refractivity contribution is 0.0988. The van der Waals surface area contributed by atoms with E-state index in [1.165, 1.54) is 12.5 Å². The summed E-state index contributed by atoms with van der Waals surface area (Å²) in [5, 5.41) is 19.6. The molecule has 0 unspecified atom stereocenters. The first-order chi connectivity index (χ1) is 16.7. The largest absolute Gasteiger partial charge is 0.352 e. The van der Waals surface area contributed by atoms with Crippen molar-refractivity contribution in [3.8, 4) is 11.4 Å². The predicted octanol–water partition coefficient (Wildman–Crippen LogP) is 3.86. The number of aromatic amines is 2. The molecule has 0 amide bonds. The number of nitrogens with one attached hydrogen (secondary N) is 3. The van der Waals surface area contributed by atoms with Gasteiger partial charge in [0.1, 0.15) is 12.1 Å². The molecule has 0 atom stereocenters. The fourth-order valence-corrected chi connectivity index (χ4v) is 3.77. The Morgan fingerprint density at radius 2 is 1.88 bits per heavy atom. The van der Waals surface area contributed by atoms with E-state index in [2.05, 4.69) is 45.6 Å². The number of ketones is 1. The van der Waals surface area contributed by atoms with E-state index in [1.807, 2.05) is 48.5 Å². The third-order valence-corrected chi connectivity index (χ3v) is 5.44. The van der Waals surface area contributed by atoms with Gasteiger partial charge in [-0.05, 0) is 36.4 Å². The van der Waals surface area contributed by atoms with Gasteiger partial charge >= 0.3 is 0 Å². The van der Waals surface area contributed by atoms with Crippen molar-refractivity contribution in [2.24, 2.45) is 0 Å². The van der Waals surface area contributed by atoms with Crippen LogP contribution in [0.4, 0.5) is 11.5 Å². The summed E-state index contributed by atoms with van der Waals surface area (Å²) >= 11 is 0. The molecule has 0 aliphatic carbocycles.